The van der Waals surface area contributed by atoms with Crippen LogP contribution in [0.15, 0.2) is 131 Å². The maximum absolute atomic E-state index is 13.3. The molecule has 0 radical (unpaired) electrons. The molecule has 0 bridgehead atoms. The van der Waals surface area contributed by atoms with Gasteiger partial charge in [0.25, 0.3) is 5.56 Å². The highest BCUT2D eigenvalue weighted by atomic mass is 16.5. The molecule has 0 spiro atoms. The first-order valence-corrected chi connectivity index (χ1v) is 14.7. The van der Waals surface area contributed by atoms with E-state index in [1.807, 2.05) is 54.6 Å². The minimum Gasteiger partial charge on any atom is -0.497 e. The van der Waals surface area contributed by atoms with E-state index in [1.165, 1.54) is 10.8 Å². The Morgan fingerprint density at radius 1 is 0.822 bits per heavy atom. The van der Waals surface area contributed by atoms with E-state index in [2.05, 4.69) is 58.1 Å². The average Bonchev–Trinajstić information content (AvgIpc) is 3.10. The lowest BCUT2D eigenvalue weighted by Crippen LogP contribution is -2.58. The van der Waals surface area contributed by atoms with Crippen LogP contribution in [0.4, 0.5) is 0 Å². The molecule has 0 saturated carbocycles. The van der Waals surface area contributed by atoms with Gasteiger partial charge in [-0.1, -0.05) is 103 Å². The van der Waals surface area contributed by atoms with E-state index < -0.39 is 29.1 Å². The van der Waals surface area contributed by atoms with Gasteiger partial charge in [-0.15, -0.1) is 0 Å². The number of aliphatic hydroxyl groups excluding tert-OH is 1. The van der Waals surface area contributed by atoms with E-state index in [-0.39, 0.29) is 18.7 Å². The van der Waals surface area contributed by atoms with Gasteiger partial charge in [0.05, 0.1) is 25.4 Å². The van der Waals surface area contributed by atoms with Gasteiger partial charge in [-0.25, -0.2) is 4.79 Å². The summed E-state index contributed by atoms with van der Waals surface area (Å²) in [6.45, 7) is 0.393. The third-order valence-corrected chi connectivity index (χ3v) is 8.11. The van der Waals surface area contributed by atoms with Crippen LogP contribution in [0, 0.1) is 11.8 Å². The fraction of sp³-hybridized carbons (Fsp3) is 0.189. The number of methoxy groups -OCH3 is 1. The summed E-state index contributed by atoms with van der Waals surface area (Å²) in [5.74, 6) is 6.59. The van der Waals surface area contributed by atoms with Gasteiger partial charge < -0.3 is 14.6 Å². The zero-order valence-corrected chi connectivity index (χ0v) is 24.8. The van der Waals surface area contributed by atoms with E-state index in [4.69, 9.17) is 9.47 Å². The molecule has 1 saturated heterocycles. The molecular weight excluding hydrogens is 566 g/mol. The first kappa shape index (κ1) is 29.9. The smallest absolute Gasteiger partial charge is 0.330 e. The molecule has 45 heavy (non-hydrogen) atoms. The monoisotopic (exact) mass is 599 g/mol. The Hall–Kier alpha value is -5.20. The lowest BCUT2D eigenvalue weighted by atomic mass is 9.75. The fourth-order valence-corrected chi connectivity index (χ4v) is 6.03. The lowest BCUT2D eigenvalue weighted by Gasteiger charge is -2.50. The molecule has 226 valence electrons. The summed E-state index contributed by atoms with van der Waals surface area (Å²) in [6, 6.07) is 37.7. The molecule has 6 rings (SSSR count). The number of nitrogens with one attached hydrogen (secondary N) is 1. The van der Waals surface area contributed by atoms with Crippen molar-refractivity contribution in [1.29, 1.82) is 0 Å². The second-order valence-electron chi connectivity index (χ2n) is 10.8. The molecule has 1 fully saturated rings. The topological polar surface area (TPSA) is 96.8 Å². The summed E-state index contributed by atoms with van der Waals surface area (Å²) in [6.07, 6.45) is -0.0144. The van der Waals surface area contributed by atoms with E-state index in [0.717, 1.165) is 16.7 Å². The van der Waals surface area contributed by atoms with Crippen LogP contribution >= 0.6 is 0 Å². The number of H-pyrrole nitrogens is 1. The van der Waals surface area contributed by atoms with Crippen LogP contribution < -0.4 is 16.0 Å². The zero-order chi connectivity index (χ0) is 31.2. The average molecular weight is 600 g/mol. The van der Waals surface area contributed by atoms with E-state index in [1.54, 1.807) is 31.4 Å². The normalized spacial score (nSPS) is 16.8. The molecule has 0 unspecified atom stereocenters. The van der Waals surface area contributed by atoms with Crippen molar-refractivity contribution in [3.8, 4) is 17.6 Å². The third-order valence-electron chi connectivity index (χ3n) is 8.11. The minimum atomic E-state index is -0.836. The van der Waals surface area contributed by atoms with Gasteiger partial charge in [-0.05, 0) is 41.0 Å². The maximum Gasteiger partial charge on any atom is 0.330 e. The van der Waals surface area contributed by atoms with Crippen molar-refractivity contribution in [2.75, 3.05) is 26.8 Å². The highest BCUT2D eigenvalue weighted by Gasteiger charge is 2.46. The zero-order valence-electron chi connectivity index (χ0n) is 24.8. The van der Waals surface area contributed by atoms with Crippen molar-refractivity contribution in [2.45, 2.75) is 17.9 Å². The van der Waals surface area contributed by atoms with Crippen LogP contribution in [-0.4, -0.2) is 52.5 Å². The van der Waals surface area contributed by atoms with Crippen LogP contribution in [0.3, 0.4) is 0 Å². The predicted octanol–water partition coefficient (Wildman–Crippen LogP) is 4.13. The Labute approximate surface area is 261 Å². The number of morpholine rings is 1. The van der Waals surface area contributed by atoms with Crippen LogP contribution in [0.5, 0.6) is 5.75 Å². The molecule has 5 aromatic rings. The Morgan fingerprint density at radius 2 is 1.38 bits per heavy atom. The van der Waals surface area contributed by atoms with E-state index in [0.29, 0.717) is 17.9 Å². The molecule has 2 heterocycles. The highest BCUT2D eigenvalue weighted by Crippen LogP contribution is 2.44. The number of ether oxygens (including phenoxy) is 2. The van der Waals surface area contributed by atoms with Crippen LogP contribution in [0.2, 0.25) is 0 Å². The first-order valence-electron chi connectivity index (χ1n) is 14.7. The largest absolute Gasteiger partial charge is 0.497 e. The molecule has 0 aliphatic carbocycles. The Balaban J connectivity index is 1.47. The summed E-state index contributed by atoms with van der Waals surface area (Å²) < 4.78 is 12.9. The Morgan fingerprint density at radius 3 is 1.89 bits per heavy atom. The predicted molar refractivity (Wildman–Crippen MR) is 172 cm³/mol. The number of hydrogen-bond donors (Lipinski definition) is 2. The summed E-state index contributed by atoms with van der Waals surface area (Å²) in [5, 5.41) is 10.4. The first-order chi connectivity index (χ1) is 22.0. The standard InChI is InChI=1S/C37H33N3O5/c1-44-32-21-18-27(19-22-32)17-20-28-23-40(36(43)38-35(28)42)34-25-39(24-33(26-41)45-34)37(29-11-5-2-6-12-29,30-13-7-3-8-14-30)31-15-9-4-10-16-31/h2-16,18-19,21-23,33-34,41H,24-26H2,1H3,(H,38,42,43)/t33-,34+/m0/s1. The minimum absolute atomic E-state index is 0.118. The molecule has 2 atom stereocenters. The van der Waals surface area contributed by atoms with E-state index >= 15 is 0 Å². The van der Waals surface area contributed by atoms with Crippen LogP contribution in [-0.2, 0) is 10.3 Å². The summed E-state index contributed by atoms with van der Waals surface area (Å²) >= 11 is 0. The Bertz CT molecular complexity index is 1810. The summed E-state index contributed by atoms with van der Waals surface area (Å²) in [7, 11) is 1.59. The molecule has 8 heteroatoms. The van der Waals surface area contributed by atoms with Crippen LogP contribution in [0.25, 0.3) is 0 Å². The SMILES string of the molecule is COc1ccc(C#Cc2cn([C@H]3CN(C(c4ccccc4)(c4ccccc4)c4ccccc4)C[C@@H](CO)O3)c(=O)[nH]c2=O)cc1. The number of benzene rings is 4. The molecule has 1 aliphatic heterocycles. The number of rotatable bonds is 7. The Kier molecular flexibility index (Phi) is 8.76. The second-order valence-corrected chi connectivity index (χ2v) is 10.8. The molecule has 1 aliphatic rings. The number of aliphatic hydroxyl groups is 1. The third kappa shape index (κ3) is 5.97. The van der Waals surface area contributed by atoms with Crippen molar-refractivity contribution >= 4 is 0 Å². The highest BCUT2D eigenvalue weighted by molar-refractivity contribution is 5.50. The number of aromatic amines is 1. The van der Waals surface area contributed by atoms with Gasteiger partial charge in [-0.3, -0.25) is 19.2 Å². The van der Waals surface area contributed by atoms with Gasteiger partial charge in [0, 0.05) is 24.8 Å². The molecule has 2 N–H and O–H groups in total. The van der Waals surface area contributed by atoms with Gasteiger partial charge >= 0.3 is 5.69 Å². The number of nitrogens with zero attached hydrogens (tertiary/aromatic N) is 2. The summed E-state index contributed by atoms with van der Waals surface area (Å²) in [4.78, 5) is 30.8. The van der Waals surface area contributed by atoms with Crippen molar-refractivity contribution in [2.24, 2.45) is 0 Å². The number of aromatic nitrogens is 2. The van der Waals surface area contributed by atoms with Gasteiger partial charge in [0.15, 0.2) is 6.23 Å². The fourth-order valence-electron chi connectivity index (χ4n) is 6.03. The quantitative estimate of drug-likeness (QED) is 0.216. The van der Waals surface area contributed by atoms with Crippen molar-refractivity contribution in [3.05, 3.63) is 170 Å². The maximum atomic E-state index is 13.3. The van der Waals surface area contributed by atoms with E-state index in [9.17, 15) is 14.7 Å². The lowest BCUT2D eigenvalue weighted by molar-refractivity contribution is -0.151. The van der Waals surface area contributed by atoms with Crippen molar-refractivity contribution in [3.63, 3.8) is 0 Å². The van der Waals surface area contributed by atoms with Gasteiger partial charge in [0.2, 0.25) is 0 Å². The molecular formula is C37H33N3O5. The van der Waals surface area contributed by atoms with Gasteiger partial charge in [-0.2, -0.15) is 0 Å². The molecule has 0 amide bonds. The van der Waals surface area contributed by atoms with Crippen molar-refractivity contribution in [1.82, 2.24) is 14.5 Å². The molecule has 4 aromatic carbocycles. The molecule has 1 aromatic heterocycles. The second kappa shape index (κ2) is 13.2. The van der Waals surface area contributed by atoms with Crippen LogP contribution in [0.1, 0.15) is 34.0 Å². The summed E-state index contributed by atoms with van der Waals surface area (Å²) in [5.41, 5.74) is 1.89. The van der Waals surface area contributed by atoms with Crippen molar-refractivity contribution < 1.29 is 14.6 Å². The van der Waals surface area contributed by atoms with Gasteiger partial charge in [0.1, 0.15) is 11.3 Å². The molecule has 8 nitrogen and oxygen atoms in total. The number of hydrogen-bond acceptors (Lipinski definition) is 6.